The predicted octanol–water partition coefficient (Wildman–Crippen LogP) is 3.79. The third kappa shape index (κ3) is 2.97. The minimum atomic E-state index is -1.22. The van der Waals surface area contributed by atoms with Crippen molar-refractivity contribution in [3.8, 4) is 5.75 Å². The lowest BCUT2D eigenvalue weighted by Gasteiger charge is -2.11. The molecule has 0 aliphatic carbocycles. The second-order valence-electron chi connectivity index (χ2n) is 2.58. The number of anilines is 1. The highest BCUT2D eigenvalue weighted by Gasteiger charge is 2.14. The highest BCUT2D eigenvalue weighted by Crippen LogP contribution is 2.30. The third-order valence-corrected chi connectivity index (χ3v) is 2.06. The summed E-state index contributed by atoms with van der Waals surface area (Å²) in [6.45, 7) is 2.16. The van der Waals surface area contributed by atoms with Crippen molar-refractivity contribution in [1.29, 1.82) is 0 Å². The lowest BCUT2D eigenvalue weighted by molar-refractivity contribution is 0.253. The highest BCUT2D eigenvalue weighted by molar-refractivity contribution is 6.65. The summed E-state index contributed by atoms with van der Waals surface area (Å²) >= 11 is 10.7. The van der Waals surface area contributed by atoms with Gasteiger partial charge in [-0.05, 0) is 30.7 Å². The minimum absolute atomic E-state index is 0.0251. The van der Waals surface area contributed by atoms with Crippen molar-refractivity contribution >= 4 is 34.3 Å². The van der Waals surface area contributed by atoms with Crippen molar-refractivity contribution < 1.29 is 14.0 Å². The average Bonchev–Trinajstić information content (AvgIpc) is 2.20. The van der Waals surface area contributed by atoms with E-state index in [1.54, 1.807) is 6.92 Å². The van der Waals surface area contributed by atoms with Gasteiger partial charge in [0.2, 0.25) is 0 Å². The van der Waals surface area contributed by atoms with E-state index in [1.165, 1.54) is 18.2 Å². The fourth-order valence-electron chi connectivity index (χ4n) is 0.982. The Hall–Kier alpha value is -1.00. The van der Waals surface area contributed by atoms with Crippen LogP contribution in [-0.4, -0.2) is 12.0 Å². The molecule has 15 heavy (non-hydrogen) atoms. The van der Waals surface area contributed by atoms with Crippen molar-refractivity contribution in [2.24, 2.45) is 0 Å². The standard InChI is InChI=1S/C9H8Cl2FNO2/c1-2-15-8-5-6(3-4-7(8)10)13(12)9(11)14/h3-5H,2H2,1H3. The van der Waals surface area contributed by atoms with Crippen molar-refractivity contribution in [2.45, 2.75) is 6.92 Å². The molecular formula is C9H8Cl2FNO2. The Bertz CT molecular complexity index is 373. The SMILES string of the molecule is CCOc1cc(N(F)C(=O)Cl)ccc1Cl. The molecule has 82 valence electrons. The number of hydrogen-bond acceptors (Lipinski definition) is 2. The lowest BCUT2D eigenvalue weighted by atomic mass is 10.3. The topological polar surface area (TPSA) is 29.5 Å². The Balaban J connectivity index is 3.01. The number of benzene rings is 1. The Morgan fingerprint density at radius 1 is 1.60 bits per heavy atom. The van der Waals surface area contributed by atoms with Crippen LogP contribution >= 0.6 is 23.2 Å². The van der Waals surface area contributed by atoms with Gasteiger partial charge in [-0.25, -0.2) is 0 Å². The second-order valence-corrected chi connectivity index (χ2v) is 3.31. The van der Waals surface area contributed by atoms with E-state index in [9.17, 15) is 9.28 Å². The molecule has 0 spiro atoms. The number of carbonyl (C=O) groups is 1. The molecule has 0 saturated heterocycles. The monoisotopic (exact) mass is 251 g/mol. The van der Waals surface area contributed by atoms with Gasteiger partial charge < -0.3 is 4.74 Å². The van der Waals surface area contributed by atoms with Crippen LogP contribution in [0.4, 0.5) is 15.0 Å². The van der Waals surface area contributed by atoms with Crippen LogP contribution < -0.4 is 9.86 Å². The van der Waals surface area contributed by atoms with Crippen LogP contribution in [0.25, 0.3) is 0 Å². The van der Waals surface area contributed by atoms with Gasteiger partial charge in [0.15, 0.2) is 0 Å². The Morgan fingerprint density at radius 2 is 2.27 bits per heavy atom. The molecule has 0 aliphatic rings. The summed E-state index contributed by atoms with van der Waals surface area (Å²) in [5, 5.41) is -1.07. The number of ether oxygens (including phenoxy) is 1. The molecule has 1 aromatic carbocycles. The van der Waals surface area contributed by atoms with E-state index >= 15 is 0 Å². The van der Waals surface area contributed by atoms with Gasteiger partial charge in [0.25, 0.3) is 0 Å². The van der Waals surface area contributed by atoms with E-state index in [0.29, 0.717) is 17.4 Å². The number of nitrogens with zero attached hydrogens (tertiary/aromatic N) is 1. The molecule has 0 heterocycles. The molecule has 0 atom stereocenters. The molecule has 0 aliphatic heterocycles. The quantitative estimate of drug-likeness (QED) is 0.465. The summed E-state index contributed by atoms with van der Waals surface area (Å²) in [6, 6.07) is 4.05. The van der Waals surface area contributed by atoms with Gasteiger partial charge >= 0.3 is 5.37 Å². The van der Waals surface area contributed by atoms with Gasteiger partial charge in [0.1, 0.15) is 5.75 Å². The summed E-state index contributed by atoms with van der Waals surface area (Å²) in [4.78, 5) is 10.5. The molecule has 0 aromatic heterocycles. The molecule has 0 saturated carbocycles. The molecule has 0 radical (unpaired) electrons. The van der Waals surface area contributed by atoms with Gasteiger partial charge in [-0.1, -0.05) is 16.1 Å². The highest BCUT2D eigenvalue weighted by atomic mass is 35.5. The molecule has 1 aromatic rings. The first-order valence-electron chi connectivity index (χ1n) is 4.14. The molecule has 3 nitrogen and oxygen atoms in total. The Morgan fingerprint density at radius 3 is 2.80 bits per heavy atom. The first kappa shape index (κ1) is 12.1. The summed E-state index contributed by atoms with van der Waals surface area (Å²) in [6.07, 6.45) is 0. The van der Waals surface area contributed by atoms with E-state index in [0.717, 1.165) is 0 Å². The van der Waals surface area contributed by atoms with E-state index in [2.05, 4.69) is 0 Å². The summed E-state index contributed by atoms with van der Waals surface area (Å²) < 4.78 is 18.2. The number of carbonyl (C=O) groups excluding carboxylic acids is 1. The number of amides is 1. The first-order chi connectivity index (χ1) is 7.06. The average molecular weight is 252 g/mol. The maximum absolute atomic E-state index is 13.1. The molecule has 0 unspecified atom stereocenters. The summed E-state index contributed by atoms with van der Waals surface area (Å²) in [5.41, 5.74) is -0.0251. The van der Waals surface area contributed by atoms with Crippen molar-refractivity contribution in [2.75, 3.05) is 11.7 Å². The maximum Gasteiger partial charge on any atom is 0.349 e. The number of hydrogen-bond donors (Lipinski definition) is 0. The zero-order chi connectivity index (χ0) is 11.4. The normalized spacial score (nSPS) is 9.87. The van der Waals surface area contributed by atoms with Gasteiger partial charge in [-0.15, -0.1) is 5.12 Å². The number of rotatable bonds is 3. The Labute approximate surface area is 96.3 Å². The molecular weight excluding hydrogens is 244 g/mol. The van der Waals surface area contributed by atoms with E-state index in [4.69, 9.17) is 27.9 Å². The lowest BCUT2D eigenvalue weighted by Crippen LogP contribution is -2.14. The fraction of sp³-hybridized carbons (Fsp3) is 0.222. The number of halogens is 3. The summed E-state index contributed by atoms with van der Waals surface area (Å²) in [7, 11) is 0. The van der Waals surface area contributed by atoms with Crippen LogP contribution in [0.5, 0.6) is 5.75 Å². The Kier molecular flexibility index (Phi) is 4.17. The predicted molar refractivity (Wildman–Crippen MR) is 57.5 cm³/mol. The molecule has 6 heteroatoms. The van der Waals surface area contributed by atoms with E-state index < -0.39 is 5.37 Å². The van der Waals surface area contributed by atoms with Gasteiger partial charge in [-0.3, -0.25) is 4.79 Å². The van der Waals surface area contributed by atoms with Gasteiger partial charge in [0.05, 0.1) is 17.3 Å². The fourth-order valence-corrected chi connectivity index (χ4v) is 1.25. The zero-order valence-corrected chi connectivity index (χ0v) is 9.35. The van der Waals surface area contributed by atoms with Gasteiger partial charge in [0, 0.05) is 6.07 Å². The van der Waals surface area contributed by atoms with Crippen LogP contribution in [0.15, 0.2) is 18.2 Å². The molecule has 0 fully saturated rings. The van der Waals surface area contributed by atoms with Crippen LogP contribution in [0, 0.1) is 0 Å². The van der Waals surface area contributed by atoms with Crippen LogP contribution in [0.2, 0.25) is 5.02 Å². The van der Waals surface area contributed by atoms with E-state index in [1.807, 2.05) is 0 Å². The van der Waals surface area contributed by atoms with Gasteiger partial charge in [-0.2, -0.15) is 0 Å². The van der Waals surface area contributed by atoms with Crippen molar-refractivity contribution in [1.82, 2.24) is 0 Å². The largest absolute Gasteiger partial charge is 0.492 e. The van der Waals surface area contributed by atoms with Crippen LogP contribution in [0.1, 0.15) is 6.92 Å². The molecule has 0 bridgehead atoms. The van der Waals surface area contributed by atoms with Crippen LogP contribution in [-0.2, 0) is 0 Å². The molecule has 1 rings (SSSR count). The van der Waals surface area contributed by atoms with E-state index in [-0.39, 0.29) is 10.8 Å². The minimum Gasteiger partial charge on any atom is -0.492 e. The summed E-state index contributed by atoms with van der Waals surface area (Å²) in [5.74, 6) is 0.303. The maximum atomic E-state index is 13.1. The first-order valence-corrected chi connectivity index (χ1v) is 4.89. The smallest absolute Gasteiger partial charge is 0.349 e. The second kappa shape index (κ2) is 5.19. The molecule has 0 N–H and O–H groups in total. The molecule has 1 amide bonds. The van der Waals surface area contributed by atoms with Crippen molar-refractivity contribution in [3.63, 3.8) is 0 Å². The van der Waals surface area contributed by atoms with Crippen LogP contribution in [0.3, 0.4) is 0 Å². The third-order valence-electron chi connectivity index (χ3n) is 1.60. The van der Waals surface area contributed by atoms with Crippen molar-refractivity contribution in [3.05, 3.63) is 23.2 Å². The zero-order valence-electron chi connectivity index (χ0n) is 7.84.